The summed E-state index contributed by atoms with van der Waals surface area (Å²) >= 11 is 9.80. The van der Waals surface area contributed by atoms with Gasteiger partial charge in [0.25, 0.3) is 0 Å². The number of anilines is 1. The van der Waals surface area contributed by atoms with Crippen LogP contribution in [0.3, 0.4) is 0 Å². The number of pyridine rings is 1. The summed E-state index contributed by atoms with van der Waals surface area (Å²) in [6, 6.07) is 16.0. The third kappa shape index (κ3) is 2.39. The molecule has 0 saturated carbocycles. The summed E-state index contributed by atoms with van der Waals surface area (Å²) in [4.78, 5) is 4.70. The third-order valence-corrected chi connectivity index (χ3v) is 3.92. The maximum absolute atomic E-state index is 6.33. The summed E-state index contributed by atoms with van der Waals surface area (Å²) in [5.74, 6) is 0. The van der Waals surface area contributed by atoms with E-state index in [-0.39, 0.29) is 0 Å². The molecular formula is C16H12BrClN2. The molecule has 1 heterocycles. The van der Waals surface area contributed by atoms with Crippen LogP contribution in [0.4, 0.5) is 5.69 Å². The van der Waals surface area contributed by atoms with E-state index in [1.807, 2.05) is 55.6 Å². The summed E-state index contributed by atoms with van der Waals surface area (Å²) in [5, 5.41) is 4.86. The third-order valence-electron chi connectivity index (χ3n) is 3.17. The highest BCUT2D eigenvalue weighted by molar-refractivity contribution is 9.10. The molecule has 0 spiro atoms. The van der Waals surface area contributed by atoms with Crippen LogP contribution in [-0.2, 0) is 0 Å². The Balaban J connectivity index is 2.32. The zero-order valence-electron chi connectivity index (χ0n) is 10.8. The molecule has 4 heteroatoms. The van der Waals surface area contributed by atoms with Crippen LogP contribution < -0.4 is 5.32 Å². The molecule has 2 aromatic carbocycles. The van der Waals surface area contributed by atoms with E-state index in [4.69, 9.17) is 16.6 Å². The van der Waals surface area contributed by atoms with Crippen molar-refractivity contribution < 1.29 is 0 Å². The smallest absolute Gasteiger partial charge is 0.0917 e. The number of fused-ring (bicyclic) bond motifs is 1. The van der Waals surface area contributed by atoms with Crippen LogP contribution in [0.2, 0.25) is 5.02 Å². The van der Waals surface area contributed by atoms with Gasteiger partial charge in [-0.2, -0.15) is 0 Å². The molecule has 0 bridgehead atoms. The van der Waals surface area contributed by atoms with Crippen molar-refractivity contribution in [1.29, 1.82) is 0 Å². The molecular weight excluding hydrogens is 336 g/mol. The Hall–Kier alpha value is -1.58. The lowest BCUT2D eigenvalue weighted by Gasteiger charge is -2.11. The first kappa shape index (κ1) is 13.4. The first-order chi connectivity index (χ1) is 9.69. The lowest BCUT2D eigenvalue weighted by molar-refractivity contribution is 1.38. The van der Waals surface area contributed by atoms with E-state index in [9.17, 15) is 0 Å². The van der Waals surface area contributed by atoms with E-state index in [0.717, 1.165) is 32.3 Å². The number of hydrogen-bond donors (Lipinski definition) is 1. The number of rotatable bonds is 2. The zero-order chi connectivity index (χ0) is 14.1. The van der Waals surface area contributed by atoms with Crippen LogP contribution in [0.25, 0.3) is 22.2 Å². The highest BCUT2D eigenvalue weighted by Gasteiger charge is 2.10. The summed E-state index contributed by atoms with van der Waals surface area (Å²) in [6.07, 6.45) is 0. The number of hydrogen-bond acceptors (Lipinski definition) is 2. The molecule has 0 atom stereocenters. The predicted molar refractivity (Wildman–Crippen MR) is 89.4 cm³/mol. The Kier molecular flexibility index (Phi) is 3.64. The van der Waals surface area contributed by atoms with Gasteiger partial charge < -0.3 is 5.32 Å². The highest BCUT2D eigenvalue weighted by atomic mass is 79.9. The summed E-state index contributed by atoms with van der Waals surface area (Å²) < 4.78 is 0.945. The molecule has 2 nitrogen and oxygen atoms in total. The Morgan fingerprint density at radius 1 is 1.10 bits per heavy atom. The van der Waals surface area contributed by atoms with Gasteiger partial charge in [0.05, 0.1) is 16.2 Å². The van der Waals surface area contributed by atoms with Gasteiger partial charge in [0, 0.05) is 28.2 Å². The van der Waals surface area contributed by atoms with E-state index >= 15 is 0 Å². The van der Waals surface area contributed by atoms with E-state index < -0.39 is 0 Å². The topological polar surface area (TPSA) is 24.9 Å². The Morgan fingerprint density at radius 2 is 1.85 bits per heavy atom. The van der Waals surface area contributed by atoms with Crippen LogP contribution in [0, 0.1) is 0 Å². The lowest BCUT2D eigenvalue weighted by atomic mass is 10.1. The Morgan fingerprint density at radius 3 is 2.55 bits per heavy atom. The molecule has 0 radical (unpaired) electrons. The van der Waals surface area contributed by atoms with Crippen molar-refractivity contribution in [1.82, 2.24) is 4.98 Å². The van der Waals surface area contributed by atoms with Gasteiger partial charge >= 0.3 is 0 Å². The largest absolute Gasteiger partial charge is 0.388 e. The minimum absolute atomic E-state index is 0.642. The molecule has 20 heavy (non-hydrogen) atoms. The van der Waals surface area contributed by atoms with Gasteiger partial charge in [-0.05, 0) is 18.2 Å². The van der Waals surface area contributed by atoms with E-state index in [1.54, 1.807) is 0 Å². The molecule has 1 aromatic heterocycles. The molecule has 0 aliphatic carbocycles. The molecule has 3 aromatic rings. The number of halogens is 2. The van der Waals surface area contributed by atoms with Crippen molar-refractivity contribution in [3.63, 3.8) is 0 Å². The Labute approximate surface area is 130 Å². The van der Waals surface area contributed by atoms with Crippen LogP contribution in [0.15, 0.2) is 53.0 Å². The van der Waals surface area contributed by atoms with Crippen molar-refractivity contribution in [3.8, 4) is 11.3 Å². The van der Waals surface area contributed by atoms with Gasteiger partial charge in [-0.25, -0.2) is 4.98 Å². The van der Waals surface area contributed by atoms with Gasteiger partial charge in [0.2, 0.25) is 0 Å². The average Bonchev–Trinajstić information content (AvgIpc) is 2.47. The number of aromatic nitrogens is 1. The second-order valence-corrected chi connectivity index (χ2v) is 5.78. The van der Waals surface area contributed by atoms with Gasteiger partial charge in [-0.1, -0.05) is 57.9 Å². The fourth-order valence-electron chi connectivity index (χ4n) is 2.22. The molecule has 0 aliphatic rings. The maximum atomic E-state index is 6.33. The van der Waals surface area contributed by atoms with E-state index in [2.05, 4.69) is 21.2 Å². The van der Waals surface area contributed by atoms with Crippen molar-refractivity contribution in [2.45, 2.75) is 0 Å². The molecule has 0 saturated heterocycles. The zero-order valence-corrected chi connectivity index (χ0v) is 13.2. The monoisotopic (exact) mass is 346 g/mol. The number of benzene rings is 2. The van der Waals surface area contributed by atoms with Crippen molar-refractivity contribution in [3.05, 3.63) is 58.0 Å². The quantitative estimate of drug-likeness (QED) is 0.675. The van der Waals surface area contributed by atoms with Crippen molar-refractivity contribution in [2.24, 2.45) is 0 Å². The maximum Gasteiger partial charge on any atom is 0.0917 e. The van der Waals surface area contributed by atoms with Gasteiger partial charge in [-0.15, -0.1) is 0 Å². The average molecular weight is 348 g/mol. The highest BCUT2D eigenvalue weighted by Crippen LogP contribution is 2.34. The van der Waals surface area contributed by atoms with Gasteiger partial charge in [0.15, 0.2) is 0 Å². The molecule has 0 aliphatic heterocycles. The second kappa shape index (κ2) is 5.43. The van der Waals surface area contributed by atoms with Crippen LogP contribution in [0.5, 0.6) is 0 Å². The fourth-order valence-corrected chi connectivity index (χ4v) is 3.07. The fraction of sp³-hybridized carbons (Fsp3) is 0.0625. The molecule has 0 amide bonds. The standard InChI is InChI=1S/C16H12BrClN2/c1-19-15-9-14(10-5-3-2-4-6-10)20-16-12(15)7-11(17)8-13(16)18/h2-9H,1H3,(H,19,20). The van der Waals surface area contributed by atoms with Crippen molar-refractivity contribution >= 4 is 44.1 Å². The first-order valence-electron chi connectivity index (χ1n) is 6.22. The molecule has 1 N–H and O–H groups in total. The number of nitrogens with one attached hydrogen (secondary N) is 1. The minimum Gasteiger partial charge on any atom is -0.388 e. The molecule has 100 valence electrons. The second-order valence-electron chi connectivity index (χ2n) is 4.45. The van der Waals surface area contributed by atoms with Crippen LogP contribution in [-0.4, -0.2) is 12.0 Å². The first-order valence-corrected chi connectivity index (χ1v) is 7.39. The van der Waals surface area contributed by atoms with Gasteiger partial charge in [-0.3, -0.25) is 0 Å². The molecule has 0 fully saturated rings. The lowest BCUT2D eigenvalue weighted by Crippen LogP contribution is -1.94. The summed E-state index contributed by atoms with van der Waals surface area (Å²) in [5.41, 5.74) is 3.80. The van der Waals surface area contributed by atoms with E-state index in [1.165, 1.54) is 0 Å². The van der Waals surface area contributed by atoms with E-state index in [0.29, 0.717) is 5.02 Å². The minimum atomic E-state index is 0.642. The van der Waals surface area contributed by atoms with Crippen molar-refractivity contribution in [2.75, 3.05) is 12.4 Å². The van der Waals surface area contributed by atoms with Crippen LogP contribution >= 0.6 is 27.5 Å². The molecule has 3 rings (SSSR count). The normalized spacial score (nSPS) is 10.8. The predicted octanol–water partition coefficient (Wildman–Crippen LogP) is 5.36. The Bertz CT molecular complexity index is 772. The summed E-state index contributed by atoms with van der Waals surface area (Å²) in [6.45, 7) is 0. The SMILES string of the molecule is CNc1cc(-c2ccccc2)nc2c(Cl)cc(Br)cc12. The number of nitrogens with zero attached hydrogens (tertiary/aromatic N) is 1. The van der Waals surface area contributed by atoms with Gasteiger partial charge in [0.1, 0.15) is 0 Å². The summed E-state index contributed by atoms with van der Waals surface area (Å²) in [7, 11) is 1.90. The van der Waals surface area contributed by atoms with Crippen LogP contribution in [0.1, 0.15) is 0 Å². The molecule has 0 unspecified atom stereocenters.